The molecule has 0 aromatic carbocycles. The standard InChI is InChI=1S/C13H27NO/c1-10(2)7-8-14(4)12-9-11(3)5-6-13(12)15/h10-13,15H,5-9H2,1-4H3. The summed E-state index contributed by atoms with van der Waals surface area (Å²) in [6.07, 6.45) is 4.47. The minimum absolute atomic E-state index is 0.0987. The first-order chi connectivity index (χ1) is 7.00. The van der Waals surface area contributed by atoms with E-state index in [2.05, 4.69) is 32.7 Å². The second-order valence-electron chi connectivity index (χ2n) is 5.72. The third kappa shape index (κ3) is 4.12. The highest BCUT2D eigenvalue weighted by Crippen LogP contribution is 2.27. The molecular formula is C13H27NO. The zero-order valence-corrected chi connectivity index (χ0v) is 10.7. The number of hydrogen-bond acceptors (Lipinski definition) is 2. The van der Waals surface area contributed by atoms with E-state index in [0.29, 0.717) is 6.04 Å². The number of rotatable bonds is 4. The van der Waals surface area contributed by atoms with Gasteiger partial charge < -0.3 is 10.0 Å². The van der Waals surface area contributed by atoms with E-state index < -0.39 is 0 Å². The van der Waals surface area contributed by atoms with Gasteiger partial charge in [0.1, 0.15) is 0 Å². The molecular weight excluding hydrogens is 186 g/mol. The van der Waals surface area contributed by atoms with Crippen molar-refractivity contribution in [3.63, 3.8) is 0 Å². The quantitative estimate of drug-likeness (QED) is 0.775. The van der Waals surface area contributed by atoms with Gasteiger partial charge in [0.15, 0.2) is 0 Å². The van der Waals surface area contributed by atoms with E-state index >= 15 is 0 Å². The maximum atomic E-state index is 9.98. The van der Waals surface area contributed by atoms with Crippen LogP contribution in [0.3, 0.4) is 0 Å². The van der Waals surface area contributed by atoms with E-state index in [4.69, 9.17) is 0 Å². The third-order valence-corrected chi connectivity index (χ3v) is 3.67. The highest BCUT2D eigenvalue weighted by molar-refractivity contribution is 4.84. The Morgan fingerprint density at radius 3 is 2.60 bits per heavy atom. The molecule has 0 aromatic rings. The number of aliphatic hydroxyl groups excluding tert-OH is 1. The highest BCUT2D eigenvalue weighted by atomic mass is 16.3. The fourth-order valence-corrected chi connectivity index (χ4v) is 2.44. The lowest BCUT2D eigenvalue weighted by Crippen LogP contribution is -2.45. The smallest absolute Gasteiger partial charge is 0.0695 e. The number of aliphatic hydroxyl groups is 1. The van der Waals surface area contributed by atoms with Crippen LogP contribution in [0, 0.1) is 11.8 Å². The lowest BCUT2D eigenvalue weighted by molar-refractivity contribution is 0.0157. The van der Waals surface area contributed by atoms with Crippen LogP contribution in [0.25, 0.3) is 0 Å². The molecule has 0 radical (unpaired) electrons. The second-order valence-corrected chi connectivity index (χ2v) is 5.72. The summed E-state index contributed by atoms with van der Waals surface area (Å²) >= 11 is 0. The summed E-state index contributed by atoms with van der Waals surface area (Å²) < 4.78 is 0. The Balaban J connectivity index is 2.38. The molecule has 1 N–H and O–H groups in total. The Hall–Kier alpha value is -0.0800. The van der Waals surface area contributed by atoms with Gasteiger partial charge in [-0.2, -0.15) is 0 Å². The van der Waals surface area contributed by atoms with Crippen molar-refractivity contribution in [2.45, 2.75) is 58.6 Å². The monoisotopic (exact) mass is 213 g/mol. The molecule has 1 fully saturated rings. The molecule has 0 amide bonds. The minimum atomic E-state index is -0.0987. The fraction of sp³-hybridized carbons (Fsp3) is 1.00. The van der Waals surface area contributed by atoms with Crippen molar-refractivity contribution >= 4 is 0 Å². The summed E-state index contributed by atoms with van der Waals surface area (Å²) in [6, 6.07) is 0.396. The predicted octanol–water partition coefficient (Wildman–Crippen LogP) is 2.51. The molecule has 0 saturated heterocycles. The molecule has 0 spiro atoms. The van der Waals surface area contributed by atoms with E-state index in [1.807, 2.05) is 0 Å². The molecule has 1 saturated carbocycles. The molecule has 0 bridgehead atoms. The lowest BCUT2D eigenvalue weighted by Gasteiger charge is -2.38. The van der Waals surface area contributed by atoms with Crippen LogP contribution < -0.4 is 0 Å². The molecule has 3 unspecified atom stereocenters. The van der Waals surface area contributed by atoms with Gasteiger partial charge in [0, 0.05) is 6.04 Å². The number of nitrogens with zero attached hydrogens (tertiary/aromatic N) is 1. The Morgan fingerprint density at radius 1 is 1.33 bits per heavy atom. The van der Waals surface area contributed by atoms with Crippen molar-refractivity contribution in [2.75, 3.05) is 13.6 Å². The van der Waals surface area contributed by atoms with Crippen LogP contribution in [-0.4, -0.2) is 35.7 Å². The van der Waals surface area contributed by atoms with Gasteiger partial charge in [-0.15, -0.1) is 0 Å². The van der Waals surface area contributed by atoms with Crippen molar-refractivity contribution in [1.29, 1.82) is 0 Å². The zero-order chi connectivity index (χ0) is 11.4. The second kappa shape index (κ2) is 5.86. The molecule has 15 heavy (non-hydrogen) atoms. The van der Waals surface area contributed by atoms with Gasteiger partial charge in [0.2, 0.25) is 0 Å². The van der Waals surface area contributed by atoms with Crippen molar-refractivity contribution in [1.82, 2.24) is 4.90 Å². The Morgan fingerprint density at radius 2 is 2.00 bits per heavy atom. The first kappa shape index (κ1) is 13.0. The highest BCUT2D eigenvalue weighted by Gasteiger charge is 2.29. The van der Waals surface area contributed by atoms with Crippen LogP contribution in [0.4, 0.5) is 0 Å². The molecule has 1 aliphatic carbocycles. The van der Waals surface area contributed by atoms with Crippen LogP contribution in [0.2, 0.25) is 0 Å². The van der Waals surface area contributed by atoms with Gasteiger partial charge in [-0.1, -0.05) is 20.8 Å². The Bertz CT molecular complexity index is 181. The predicted molar refractivity (Wildman–Crippen MR) is 64.9 cm³/mol. The van der Waals surface area contributed by atoms with E-state index in [1.165, 1.54) is 12.8 Å². The van der Waals surface area contributed by atoms with Crippen molar-refractivity contribution in [2.24, 2.45) is 11.8 Å². The van der Waals surface area contributed by atoms with Crippen LogP contribution >= 0.6 is 0 Å². The van der Waals surface area contributed by atoms with E-state index in [1.54, 1.807) is 0 Å². The SMILES string of the molecule is CC(C)CCN(C)C1CC(C)CCC1O. The lowest BCUT2D eigenvalue weighted by atomic mass is 9.84. The van der Waals surface area contributed by atoms with E-state index in [9.17, 15) is 5.11 Å². The third-order valence-electron chi connectivity index (χ3n) is 3.67. The number of hydrogen-bond donors (Lipinski definition) is 1. The molecule has 3 atom stereocenters. The van der Waals surface area contributed by atoms with Gasteiger partial charge in [0.05, 0.1) is 6.10 Å². The fourth-order valence-electron chi connectivity index (χ4n) is 2.44. The first-order valence-corrected chi connectivity index (χ1v) is 6.39. The molecule has 2 nitrogen and oxygen atoms in total. The van der Waals surface area contributed by atoms with Crippen LogP contribution in [-0.2, 0) is 0 Å². The van der Waals surface area contributed by atoms with Gasteiger partial charge in [0.25, 0.3) is 0 Å². The van der Waals surface area contributed by atoms with Crippen LogP contribution in [0.15, 0.2) is 0 Å². The molecule has 2 heteroatoms. The van der Waals surface area contributed by atoms with E-state index in [-0.39, 0.29) is 6.10 Å². The van der Waals surface area contributed by atoms with Gasteiger partial charge >= 0.3 is 0 Å². The average molecular weight is 213 g/mol. The van der Waals surface area contributed by atoms with Crippen molar-refractivity contribution in [3.05, 3.63) is 0 Å². The summed E-state index contributed by atoms with van der Waals surface area (Å²) in [7, 11) is 2.16. The van der Waals surface area contributed by atoms with Gasteiger partial charge in [-0.3, -0.25) is 0 Å². The maximum absolute atomic E-state index is 9.98. The molecule has 0 aliphatic heterocycles. The van der Waals surface area contributed by atoms with Crippen molar-refractivity contribution in [3.8, 4) is 0 Å². The zero-order valence-electron chi connectivity index (χ0n) is 10.7. The molecule has 90 valence electrons. The van der Waals surface area contributed by atoms with Gasteiger partial charge in [-0.05, 0) is 51.1 Å². The summed E-state index contributed by atoms with van der Waals surface area (Å²) in [4.78, 5) is 2.36. The van der Waals surface area contributed by atoms with Gasteiger partial charge in [-0.25, -0.2) is 0 Å². The largest absolute Gasteiger partial charge is 0.391 e. The topological polar surface area (TPSA) is 23.5 Å². The molecule has 1 rings (SSSR count). The normalized spacial score (nSPS) is 32.6. The molecule has 0 heterocycles. The summed E-state index contributed by atoms with van der Waals surface area (Å²) in [5.41, 5.74) is 0. The van der Waals surface area contributed by atoms with E-state index in [0.717, 1.165) is 31.2 Å². The minimum Gasteiger partial charge on any atom is -0.391 e. The molecule has 0 aromatic heterocycles. The summed E-state index contributed by atoms with van der Waals surface area (Å²) in [6.45, 7) is 7.93. The Kier molecular flexibility index (Phi) is 5.07. The Labute approximate surface area is 94.7 Å². The van der Waals surface area contributed by atoms with Crippen LogP contribution in [0.1, 0.15) is 46.5 Å². The summed E-state index contributed by atoms with van der Waals surface area (Å²) in [5, 5.41) is 9.98. The average Bonchev–Trinajstić information content (AvgIpc) is 2.18. The maximum Gasteiger partial charge on any atom is 0.0695 e. The summed E-state index contributed by atoms with van der Waals surface area (Å²) in [5.74, 6) is 1.53. The molecule has 1 aliphatic rings. The first-order valence-electron chi connectivity index (χ1n) is 6.39. The van der Waals surface area contributed by atoms with Crippen LogP contribution in [0.5, 0.6) is 0 Å². The number of likely N-dealkylation sites (N-methyl/N-ethyl adjacent to an activating group) is 1. The van der Waals surface area contributed by atoms with Crippen molar-refractivity contribution < 1.29 is 5.11 Å².